The van der Waals surface area contributed by atoms with Crippen LogP contribution in [-0.4, -0.2) is 47.3 Å². The average molecular weight is 780 g/mol. The predicted molar refractivity (Wildman–Crippen MR) is 199 cm³/mol. The molecule has 240 valence electrons. The quantitative estimate of drug-likeness (QED) is 0.152. The van der Waals surface area contributed by atoms with Gasteiger partial charge in [0.25, 0.3) is 0 Å². The first-order valence-electron chi connectivity index (χ1n) is 15.5. The normalized spacial score (nSPS) is 10.8. The van der Waals surface area contributed by atoms with E-state index in [1.807, 2.05) is 0 Å². The van der Waals surface area contributed by atoms with E-state index in [0.717, 1.165) is 28.2 Å². The largest absolute Gasteiger partial charge is 4.00 e. The van der Waals surface area contributed by atoms with Crippen LogP contribution in [0.1, 0.15) is 68.0 Å². The van der Waals surface area contributed by atoms with Crippen LogP contribution in [0.15, 0.2) is 109 Å². The number of aromatic nitrogens is 1. The van der Waals surface area contributed by atoms with Gasteiger partial charge in [-0.3, -0.25) is 4.98 Å². The van der Waals surface area contributed by atoms with Gasteiger partial charge in [0, 0.05) is 11.3 Å². The molecule has 1 heterocycles. The second-order valence-corrected chi connectivity index (χ2v) is 11.4. The molecular weight excluding hydrogens is 729 g/mol. The fraction of sp³-hybridized carbons (Fsp3) is 0.325. The summed E-state index contributed by atoms with van der Waals surface area (Å²) in [4.78, 5) is 5.22. The summed E-state index contributed by atoms with van der Waals surface area (Å²) < 4.78 is 0. The van der Waals surface area contributed by atoms with Gasteiger partial charge in [-0.15, -0.1) is 5.69 Å². The molecule has 0 spiro atoms. The van der Waals surface area contributed by atoms with E-state index in [1.165, 1.54) is 21.9 Å². The summed E-state index contributed by atoms with van der Waals surface area (Å²) in [5.74, 6) is 0.766. The van der Waals surface area contributed by atoms with Crippen molar-refractivity contribution in [3.8, 4) is 11.3 Å². The molecule has 0 aliphatic heterocycles. The van der Waals surface area contributed by atoms with Crippen molar-refractivity contribution in [2.45, 2.75) is 45.6 Å². The minimum absolute atomic E-state index is 0. The van der Waals surface area contributed by atoms with E-state index in [4.69, 9.17) is 10.3 Å². The van der Waals surface area contributed by atoms with E-state index < -0.39 is 0 Å². The molecule has 0 N–H and O–H groups in total. The van der Waals surface area contributed by atoms with Crippen molar-refractivity contribution in [2.24, 2.45) is 0 Å². The summed E-state index contributed by atoms with van der Waals surface area (Å²) in [5, 5.41) is 18.4. The molecule has 0 bridgehead atoms. The van der Waals surface area contributed by atoms with Crippen molar-refractivity contribution < 1.29 is 25.8 Å². The van der Waals surface area contributed by atoms with Crippen LogP contribution in [0.2, 0.25) is 0 Å². The SMILES string of the molecule is CC(C)c1cccc(C(C)C)c1[N-]C(c1ccccc1)c1cccc(-c2cccc3ccccc23)n1.C[N-]C.C[N-]C.C[N-]C.[Hf+4]. The summed E-state index contributed by atoms with van der Waals surface area (Å²) in [5.41, 5.74) is 7.90. The zero-order valence-corrected chi connectivity index (χ0v) is 33.0. The molecule has 1 unspecified atom stereocenters. The number of hydrogen-bond acceptors (Lipinski definition) is 1. The monoisotopic (exact) mass is 781 g/mol. The van der Waals surface area contributed by atoms with Gasteiger partial charge in [0.15, 0.2) is 0 Å². The number of fused-ring (bicyclic) bond motifs is 1. The molecule has 5 aromatic rings. The third kappa shape index (κ3) is 11.9. The molecule has 0 aliphatic carbocycles. The van der Waals surface area contributed by atoms with E-state index in [1.54, 1.807) is 42.3 Å². The number of rotatable bonds is 7. The Bertz CT molecular complexity index is 1500. The van der Waals surface area contributed by atoms with Crippen molar-refractivity contribution in [3.05, 3.63) is 153 Å². The molecule has 0 saturated carbocycles. The van der Waals surface area contributed by atoms with E-state index >= 15 is 0 Å². The Hall–Kier alpha value is -3.16. The Kier molecular flexibility index (Phi) is 19.9. The van der Waals surface area contributed by atoms with Gasteiger partial charge >= 0.3 is 25.8 Å². The van der Waals surface area contributed by atoms with Crippen molar-refractivity contribution in [2.75, 3.05) is 42.3 Å². The van der Waals surface area contributed by atoms with Gasteiger partial charge in [-0.1, -0.05) is 141 Å². The standard InChI is InChI=1S/C34H33N2.3C2H6N.Hf/c1-23(2)27-18-11-19-28(24(3)4)34(27)36-33(26-14-6-5-7-15-26)32-22-12-21-31(35-32)30-20-10-16-25-13-8-9-17-29(25)30;3*1-3-2;/h5-24,33H,1-4H3;3*1-2H3;/q4*-1;+4. The Balaban J connectivity index is 0.000000952. The molecule has 1 aromatic heterocycles. The maximum atomic E-state index is 5.48. The summed E-state index contributed by atoms with van der Waals surface area (Å²) in [6, 6.07) is 38.2. The smallest absolute Gasteiger partial charge is 0.673 e. The number of benzene rings is 4. The molecule has 5 rings (SSSR count). The maximum absolute atomic E-state index is 5.48. The molecule has 0 radical (unpaired) electrons. The molecule has 0 fully saturated rings. The van der Waals surface area contributed by atoms with Gasteiger partial charge < -0.3 is 21.3 Å². The minimum atomic E-state index is -0.196. The fourth-order valence-corrected chi connectivity index (χ4v) is 4.94. The van der Waals surface area contributed by atoms with Gasteiger partial charge in [-0.25, -0.2) is 0 Å². The molecule has 0 saturated heterocycles. The average Bonchev–Trinajstić information content (AvgIpc) is 3.04. The van der Waals surface area contributed by atoms with Gasteiger partial charge in [-0.05, 0) is 40.8 Å². The minimum Gasteiger partial charge on any atom is -0.673 e. The fourth-order valence-electron chi connectivity index (χ4n) is 4.94. The number of hydrogen-bond donors (Lipinski definition) is 0. The zero-order valence-electron chi connectivity index (χ0n) is 29.4. The molecule has 1 atom stereocenters. The summed E-state index contributed by atoms with van der Waals surface area (Å²) in [6.45, 7) is 8.98. The molecular formula is C40H51HfN5. The maximum Gasteiger partial charge on any atom is 4.00 e. The van der Waals surface area contributed by atoms with E-state index in [9.17, 15) is 0 Å². The van der Waals surface area contributed by atoms with Crippen LogP contribution < -0.4 is 0 Å². The van der Waals surface area contributed by atoms with Crippen LogP contribution in [0.3, 0.4) is 0 Å². The van der Waals surface area contributed by atoms with Crippen molar-refractivity contribution in [1.82, 2.24) is 4.98 Å². The second-order valence-electron chi connectivity index (χ2n) is 11.4. The van der Waals surface area contributed by atoms with Crippen LogP contribution in [0.25, 0.3) is 43.3 Å². The first-order chi connectivity index (χ1) is 21.8. The van der Waals surface area contributed by atoms with Gasteiger partial charge in [0.05, 0.1) is 5.69 Å². The van der Waals surface area contributed by atoms with Crippen LogP contribution >= 0.6 is 0 Å². The third-order valence-electron chi connectivity index (χ3n) is 6.83. The number of para-hydroxylation sites is 1. The topological polar surface area (TPSA) is 69.3 Å². The van der Waals surface area contributed by atoms with Gasteiger partial charge in [0.1, 0.15) is 0 Å². The Morgan fingerprint density at radius 2 is 1.00 bits per heavy atom. The van der Waals surface area contributed by atoms with Crippen molar-refractivity contribution in [3.63, 3.8) is 0 Å². The van der Waals surface area contributed by atoms with Crippen LogP contribution in [0, 0.1) is 0 Å². The van der Waals surface area contributed by atoms with Crippen LogP contribution in [0.4, 0.5) is 5.69 Å². The number of nitrogens with zero attached hydrogens (tertiary/aromatic N) is 5. The Labute approximate surface area is 297 Å². The molecule has 0 amide bonds. The molecule has 5 nitrogen and oxygen atoms in total. The zero-order chi connectivity index (χ0) is 33.2. The first-order valence-corrected chi connectivity index (χ1v) is 15.5. The summed E-state index contributed by atoms with van der Waals surface area (Å²) in [7, 11) is 10.5. The van der Waals surface area contributed by atoms with Gasteiger partial charge in [0.2, 0.25) is 0 Å². The molecule has 0 aliphatic rings. The first kappa shape index (κ1) is 40.9. The van der Waals surface area contributed by atoms with Crippen molar-refractivity contribution >= 4 is 16.5 Å². The molecule has 46 heavy (non-hydrogen) atoms. The van der Waals surface area contributed by atoms with Gasteiger partial charge in [-0.2, -0.15) is 42.3 Å². The van der Waals surface area contributed by atoms with Crippen LogP contribution in [-0.2, 0) is 25.8 Å². The third-order valence-corrected chi connectivity index (χ3v) is 6.83. The van der Waals surface area contributed by atoms with Crippen LogP contribution in [0.5, 0.6) is 0 Å². The summed E-state index contributed by atoms with van der Waals surface area (Å²) >= 11 is 0. The summed E-state index contributed by atoms with van der Waals surface area (Å²) in [6.07, 6.45) is 0. The van der Waals surface area contributed by atoms with E-state index in [0.29, 0.717) is 11.8 Å². The van der Waals surface area contributed by atoms with E-state index in [2.05, 4.69) is 153 Å². The number of pyridine rings is 1. The molecule has 4 aromatic carbocycles. The van der Waals surface area contributed by atoms with E-state index in [-0.39, 0.29) is 31.9 Å². The Morgan fingerprint density at radius 1 is 0.522 bits per heavy atom. The predicted octanol–water partition coefficient (Wildman–Crippen LogP) is 11.8. The second kappa shape index (κ2) is 22.4. The van der Waals surface area contributed by atoms with Crippen molar-refractivity contribution in [1.29, 1.82) is 0 Å². The Morgan fingerprint density at radius 3 is 1.57 bits per heavy atom. The molecule has 6 heteroatoms.